The van der Waals surface area contributed by atoms with Gasteiger partial charge in [-0.05, 0) is 68.5 Å². The van der Waals surface area contributed by atoms with Crippen molar-refractivity contribution in [1.29, 1.82) is 0 Å². The minimum Gasteiger partial charge on any atom is -0.385 e. The van der Waals surface area contributed by atoms with Crippen molar-refractivity contribution in [2.45, 2.75) is 31.9 Å². The fourth-order valence-corrected chi connectivity index (χ4v) is 3.66. The number of halogens is 3. The quantitative estimate of drug-likeness (QED) is 0.690. The SMILES string of the molecule is FC(F)(F)c1cccc(NCCC2CCN(CCc3ccccc3)CC2)c1. The second-order valence-corrected chi connectivity index (χ2v) is 7.31. The maximum Gasteiger partial charge on any atom is 0.416 e. The minimum absolute atomic E-state index is 0.546. The lowest BCUT2D eigenvalue weighted by Crippen LogP contribution is -2.35. The molecule has 1 fully saturated rings. The van der Waals surface area contributed by atoms with Crippen LogP contribution in [0.25, 0.3) is 0 Å². The molecule has 0 bridgehead atoms. The average Bonchev–Trinajstić information content (AvgIpc) is 2.68. The van der Waals surface area contributed by atoms with E-state index in [1.807, 2.05) is 6.07 Å². The van der Waals surface area contributed by atoms with Crippen molar-refractivity contribution in [3.63, 3.8) is 0 Å². The Balaban J connectivity index is 1.35. The molecule has 27 heavy (non-hydrogen) atoms. The number of hydrogen-bond donors (Lipinski definition) is 1. The predicted octanol–water partition coefficient (Wildman–Crippen LogP) is 5.46. The lowest BCUT2D eigenvalue weighted by molar-refractivity contribution is -0.137. The molecule has 2 aromatic carbocycles. The summed E-state index contributed by atoms with van der Waals surface area (Å²) >= 11 is 0. The number of piperidine rings is 1. The Bertz CT molecular complexity index is 692. The molecule has 3 rings (SSSR count). The first-order chi connectivity index (χ1) is 13.0. The zero-order chi connectivity index (χ0) is 19.1. The number of alkyl halides is 3. The fraction of sp³-hybridized carbons (Fsp3) is 0.455. The Hall–Kier alpha value is -2.01. The lowest BCUT2D eigenvalue weighted by Gasteiger charge is -2.32. The molecule has 1 aliphatic heterocycles. The zero-order valence-electron chi connectivity index (χ0n) is 15.5. The molecule has 0 aromatic heterocycles. The number of anilines is 1. The summed E-state index contributed by atoms with van der Waals surface area (Å²) in [4.78, 5) is 2.52. The highest BCUT2D eigenvalue weighted by atomic mass is 19.4. The van der Waals surface area contributed by atoms with Crippen LogP contribution in [0.3, 0.4) is 0 Å². The molecule has 0 spiro atoms. The monoisotopic (exact) mass is 376 g/mol. The molecule has 0 aliphatic carbocycles. The Morgan fingerprint density at radius 3 is 2.41 bits per heavy atom. The summed E-state index contributed by atoms with van der Waals surface area (Å²) in [5, 5.41) is 3.15. The minimum atomic E-state index is -4.29. The van der Waals surface area contributed by atoms with E-state index in [1.165, 1.54) is 30.5 Å². The number of nitrogens with zero attached hydrogens (tertiary/aromatic N) is 1. The topological polar surface area (TPSA) is 15.3 Å². The van der Waals surface area contributed by atoms with Gasteiger partial charge in [-0.3, -0.25) is 0 Å². The molecule has 5 heteroatoms. The number of nitrogens with one attached hydrogen (secondary N) is 1. The molecule has 2 nitrogen and oxygen atoms in total. The molecular formula is C22H27F3N2. The number of likely N-dealkylation sites (tertiary alicyclic amines) is 1. The summed E-state index contributed by atoms with van der Waals surface area (Å²) in [6.07, 6.45) is 0.133. The van der Waals surface area contributed by atoms with Gasteiger partial charge >= 0.3 is 6.18 Å². The lowest BCUT2D eigenvalue weighted by atomic mass is 9.93. The summed E-state index contributed by atoms with van der Waals surface area (Å²) < 4.78 is 38.3. The van der Waals surface area contributed by atoms with Gasteiger partial charge in [0.05, 0.1) is 5.56 Å². The summed E-state index contributed by atoms with van der Waals surface area (Å²) in [5.41, 5.74) is 1.33. The van der Waals surface area contributed by atoms with E-state index in [0.717, 1.165) is 45.1 Å². The predicted molar refractivity (Wildman–Crippen MR) is 104 cm³/mol. The van der Waals surface area contributed by atoms with Gasteiger partial charge in [-0.25, -0.2) is 0 Å². The van der Waals surface area contributed by atoms with Gasteiger partial charge < -0.3 is 10.2 Å². The van der Waals surface area contributed by atoms with E-state index in [9.17, 15) is 13.2 Å². The third-order valence-corrected chi connectivity index (χ3v) is 5.34. The van der Waals surface area contributed by atoms with Gasteiger partial charge in [0.2, 0.25) is 0 Å². The second kappa shape index (κ2) is 9.27. The van der Waals surface area contributed by atoms with Crippen LogP contribution < -0.4 is 5.32 Å². The van der Waals surface area contributed by atoms with Gasteiger partial charge in [-0.2, -0.15) is 13.2 Å². The van der Waals surface area contributed by atoms with E-state index in [2.05, 4.69) is 34.5 Å². The maximum absolute atomic E-state index is 12.8. The summed E-state index contributed by atoms with van der Waals surface area (Å²) in [6, 6.07) is 16.0. The Kier molecular flexibility index (Phi) is 6.78. The van der Waals surface area contributed by atoms with Crippen molar-refractivity contribution in [3.05, 3.63) is 65.7 Å². The van der Waals surface area contributed by atoms with E-state index >= 15 is 0 Å². The van der Waals surface area contributed by atoms with E-state index in [4.69, 9.17) is 0 Å². The van der Waals surface area contributed by atoms with Crippen molar-refractivity contribution in [2.75, 3.05) is 31.5 Å². The van der Waals surface area contributed by atoms with Crippen molar-refractivity contribution in [1.82, 2.24) is 4.90 Å². The first kappa shape index (κ1) is 19.7. The van der Waals surface area contributed by atoms with Gasteiger partial charge in [-0.15, -0.1) is 0 Å². The van der Waals surface area contributed by atoms with Gasteiger partial charge in [0, 0.05) is 18.8 Å². The van der Waals surface area contributed by atoms with Crippen LogP contribution in [-0.4, -0.2) is 31.1 Å². The maximum atomic E-state index is 12.8. The molecule has 0 radical (unpaired) electrons. The summed E-state index contributed by atoms with van der Waals surface area (Å²) in [7, 11) is 0. The molecule has 1 N–H and O–H groups in total. The third kappa shape index (κ3) is 6.28. The van der Waals surface area contributed by atoms with Crippen LogP contribution in [0.1, 0.15) is 30.4 Å². The molecule has 0 saturated carbocycles. The van der Waals surface area contributed by atoms with E-state index < -0.39 is 11.7 Å². The number of hydrogen-bond acceptors (Lipinski definition) is 2. The Morgan fingerprint density at radius 2 is 1.70 bits per heavy atom. The fourth-order valence-electron chi connectivity index (χ4n) is 3.66. The van der Waals surface area contributed by atoms with E-state index in [-0.39, 0.29) is 0 Å². The van der Waals surface area contributed by atoms with Crippen molar-refractivity contribution in [3.8, 4) is 0 Å². The first-order valence-corrected chi connectivity index (χ1v) is 9.68. The van der Waals surface area contributed by atoms with Crippen LogP contribution in [0, 0.1) is 5.92 Å². The largest absolute Gasteiger partial charge is 0.416 e. The van der Waals surface area contributed by atoms with Crippen LogP contribution >= 0.6 is 0 Å². The average molecular weight is 376 g/mol. The van der Waals surface area contributed by atoms with Crippen molar-refractivity contribution in [2.24, 2.45) is 5.92 Å². The normalized spacial score (nSPS) is 16.4. The highest BCUT2D eigenvalue weighted by molar-refractivity contribution is 5.46. The van der Waals surface area contributed by atoms with E-state index in [1.54, 1.807) is 6.07 Å². The highest BCUT2D eigenvalue weighted by Gasteiger charge is 2.30. The molecule has 1 aliphatic rings. The summed E-state index contributed by atoms with van der Waals surface area (Å²) in [5.74, 6) is 0.649. The smallest absolute Gasteiger partial charge is 0.385 e. The van der Waals surface area contributed by atoms with Gasteiger partial charge in [0.1, 0.15) is 0 Å². The Morgan fingerprint density at radius 1 is 0.963 bits per heavy atom. The molecule has 1 saturated heterocycles. The van der Waals surface area contributed by atoms with Crippen LogP contribution in [0.2, 0.25) is 0 Å². The number of benzene rings is 2. The van der Waals surface area contributed by atoms with E-state index in [0.29, 0.717) is 11.6 Å². The molecule has 0 unspecified atom stereocenters. The zero-order valence-corrected chi connectivity index (χ0v) is 15.5. The standard InChI is InChI=1S/C22H27F3N2/c23-22(24,25)20-7-4-8-21(17-20)26-13-9-19-11-15-27(16-12-19)14-10-18-5-2-1-3-6-18/h1-8,17,19,26H,9-16H2. The van der Waals surface area contributed by atoms with Crippen LogP contribution in [-0.2, 0) is 12.6 Å². The van der Waals surface area contributed by atoms with Crippen LogP contribution in [0.5, 0.6) is 0 Å². The molecule has 0 atom stereocenters. The van der Waals surface area contributed by atoms with Gasteiger partial charge in [0.15, 0.2) is 0 Å². The second-order valence-electron chi connectivity index (χ2n) is 7.31. The number of rotatable bonds is 7. The molecule has 2 aromatic rings. The Labute approximate surface area is 159 Å². The highest BCUT2D eigenvalue weighted by Crippen LogP contribution is 2.30. The van der Waals surface area contributed by atoms with Gasteiger partial charge in [0.25, 0.3) is 0 Å². The first-order valence-electron chi connectivity index (χ1n) is 9.68. The molecule has 0 amide bonds. The van der Waals surface area contributed by atoms with Crippen molar-refractivity contribution >= 4 is 5.69 Å². The van der Waals surface area contributed by atoms with Crippen LogP contribution in [0.15, 0.2) is 54.6 Å². The van der Waals surface area contributed by atoms with Crippen molar-refractivity contribution < 1.29 is 13.2 Å². The third-order valence-electron chi connectivity index (χ3n) is 5.34. The molecule has 1 heterocycles. The molecule has 146 valence electrons. The van der Waals surface area contributed by atoms with Gasteiger partial charge in [-0.1, -0.05) is 36.4 Å². The molecular weight excluding hydrogens is 349 g/mol. The summed E-state index contributed by atoms with van der Waals surface area (Å²) in [6.45, 7) is 4.04. The van der Waals surface area contributed by atoms with Crippen LogP contribution in [0.4, 0.5) is 18.9 Å².